The third-order valence-corrected chi connectivity index (χ3v) is 9.73. The van der Waals surface area contributed by atoms with E-state index in [1.54, 1.807) is 11.8 Å². The van der Waals surface area contributed by atoms with Gasteiger partial charge in [0.05, 0.1) is 6.04 Å². The smallest absolute Gasteiger partial charge is 0.239 e. The molecule has 0 radical (unpaired) electrons. The molecular weight excluding hydrogens is 550 g/mol. The molecule has 0 spiro atoms. The van der Waals surface area contributed by atoms with Gasteiger partial charge in [-0.3, -0.25) is 9.69 Å². The molecule has 1 atom stereocenters. The Bertz CT molecular complexity index is 1320. The van der Waals surface area contributed by atoms with Crippen molar-refractivity contribution in [2.75, 3.05) is 57.8 Å². The zero-order valence-electron chi connectivity index (χ0n) is 24.0. The van der Waals surface area contributed by atoms with Gasteiger partial charge in [-0.15, -0.1) is 11.8 Å². The number of piperidine rings is 1. The van der Waals surface area contributed by atoms with E-state index in [0.717, 1.165) is 87.9 Å². The average molecular weight is 592 g/mol. The average Bonchev–Trinajstić information content (AvgIpc) is 3.00. The second-order valence-electron chi connectivity index (χ2n) is 11.3. The van der Waals surface area contributed by atoms with Gasteiger partial charge in [0.15, 0.2) is 0 Å². The van der Waals surface area contributed by atoms with Crippen LogP contribution in [0.25, 0.3) is 11.1 Å². The fourth-order valence-corrected chi connectivity index (χ4v) is 6.99. The molecule has 2 aliphatic heterocycles. The molecule has 2 aliphatic rings. The normalized spacial score (nSPS) is 18.0. The fraction of sp³-hybridized carbons (Fsp3) is 0.424. The third kappa shape index (κ3) is 7.65. The van der Waals surface area contributed by atoms with Crippen LogP contribution in [0, 0.1) is 5.92 Å². The summed E-state index contributed by atoms with van der Waals surface area (Å²) in [4.78, 5) is 21.6. The van der Waals surface area contributed by atoms with E-state index in [4.69, 9.17) is 23.1 Å². The Hall–Kier alpha value is -2.55. The lowest BCUT2D eigenvalue weighted by Crippen LogP contribution is -2.55. The van der Waals surface area contributed by atoms with E-state index in [1.807, 2.05) is 29.2 Å². The number of thioether (sulfide) groups is 1. The fourth-order valence-electron chi connectivity index (χ4n) is 6.18. The number of nitrogens with zero attached hydrogens (tertiary/aromatic N) is 3. The van der Waals surface area contributed by atoms with Crippen molar-refractivity contribution >= 4 is 35.0 Å². The summed E-state index contributed by atoms with van der Waals surface area (Å²) < 4.78 is 0. The highest BCUT2D eigenvalue weighted by molar-refractivity contribution is 7.98. The van der Waals surface area contributed by atoms with E-state index < -0.39 is 6.04 Å². The quantitative estimate of drug-likeness (QED) is 0.262. The van der Waals surface area contributed by atoms with E-state index in [1.165, 1.54) is 21.6 Å². The number of likely N-dealkylation sites (tertiary alicyclic amines) is 1. The first kappa shape index (κ1) is 29.9. The molecule has 1 amide bonds. The molecule has 0 unspecified atom stereocenters. The minimum absolute atomic E-state index is 0.123. The number of carbonyl (C=O) groups excluding carboxylic acids is 1. The van der Waals surface area contributed by atoms with Gasteiger partial charge in [0.25, 0.3) is 0 Å². The van der Waals surface area contributed by atoms with Gasteiger partial charge in [-0.2, -0.15) is 0 Å². The first-order valence-corrected chi connectivity index (χ1v) is 16.3. The van der Waals surface area contributed by atoms with Crippen molar-refractivity contribution in [1.29, 1.82) is 0 Å². The first-order chi connectivity index (χ1) is 19.9. The molecule has 0 aliphatic carbocycles. The summed E-state index contributed by atoms with van der Waals surface area (Å²) in [6, 6.07) is 22.3. The number of anilines is 1. The maximum Gasteiger partial charge on any atom is 0.239 e. The van der Waals surface area contributed by atoms with Crippen LogP contribution in [0.1, 0.15) is 24.0 Å². The minimum Gasteiger partial charge on any atom is -0.399 e. The molecule has 218 valence electrons. The highest BCUT2D eigenvalue weighted by atomic mass is 35.5. The largest absolute Gasteiger partial charge is 0.399 e. The Labute approximate surface area is 254 Å². The van der Waals surface area contributed by atoms with Crippen molar-refractivity contribution in [3.05, 3.63) is 82.9 Å². The number of halogens is 1. The summed E-state index contributed by atoms with van der Waals surface area (Å²) in [7, 11) is 0. The molecule has 41 heavy (non-hydrogen) atoms. The third-order valence-electron chi connectivity index (χ3n) is 8.66. The summed E-state index contributed by atoms with van der Waals surface area (Å²) in [6.07, 6.45) is 4.94. The molecule has 3 aromatic rings. The van der Waals surface area contributed by atoms with Crippen LogP contribution in [0.15, 0.2) is 71.6 Å². The minimum atomic E-state index is -0.413. The molecule has 4 N–H and O–H groups in total. The van der Waals surface area contributed by atoms with Crippen LogP contribution < -0.4 is 11.5 Å². The van der Waals surface area contributed by atoms with Crippen molar-refractivity contribution in [3.63, 3.8) is 0 Å². The van der Waals surface area contributed by atoms with E-state index in [0.29, 0.717) is 0 Å². The van der Waals surface area contributed by atoms with Crippen LogP contribution in [0.2, 0.25) is 5.02 Å². The summed E-state index contributed by atoms with van der Waals surface area (Å²) in [5.41, 5.74) is 18.3. The second-order valence-corrected chi connectivity index (χ2v) is 12.6. The molecule has 8 heteroatoms. The SMILES string of the molecule is CSc1ccccc1CN1CCN(C(=O)[C@H](N)C2CCN(CCc3cc(Cl)ccc3-c3cccc(N)c3)CC2)CC1. The number of nitrogen functional groups attached to an aromatic ring is 1. The molecule has 2 fully saturated rings. The Morgan fingerprint density at radius 3 is 2.41 bits per heavy atom. The van der Waals surface area contributed by atoms with E-state index in [9.17, 15) is 4.79 Å². The molecule has 2 heterocycles. The zero-order chi connectivity index (χ0) is 28.8. The molecule has 5 rings (SSSR count). The second kappa shape index (κ2) is 14.1. The molecule has 0 aromatic heterocycles. The molecule has 3 aromatic carbocycles. The van der Waals surface area contributed by atoms with Gasteiger partial charge < -0.3 is 21.3 Å². The van der Waals surface area contributed by atoms with Crippen LogP contribution in [0.4, 0.5) is 5.69 Å². The number of piperazine rings is 1. The topological polar surface area (TPSA) is 78.8 Å². The predicted octanol–water partition coefficient (Wildman–Crippen LogP) is 5.24. The summed E-state index contributed by atoms with van der Waals surface area (Å²) >= 11 is 8.16. The lowest BCUT2D eigenvalue weighted by Gasteiger charge is -2.39. The van der Waals surface area contributed by atoms with E-state index in [2.05, 4.69) is 58.5 Å². The predicted molar refractivity (Wildman–Crippen MR) is 172 cm³/mol. The molecule has 2 saturated heterocycles. The van der Waals surface area contributed by atoms with Gasteiger partial charge in [-0.05, 0) is 97.1 Å². The monoisotopic (exact) mass is 591 g/mol. The van der Waals surface area contributed by atoms with E-state index in [-0.39, 0.29) is 11.8 Å². The number of hydrogen-bond acceptors (Lipinski definition) is 6. The highest BCUT2D eigenvalue weighted by Gasteiger charge is 2.32. The van der Waals surface area contributed by atoms with Crippen LogP contribution in [-0.2, 0) is 17.8 Å². The van der Waals surface area contributed by atoms with Crippen LogP contribution in [0.3, 0.4) is 0 Å². The van der Waals surface area contributed by atoms with Crippen LogP contribution in [-0.4, -0.2) is 78.7 Å². The van der Waals surface area contributed by atoms with Crippen molar-refractivity contribution < 1.29 is 4.79 Å². The van der Waals surface area contributed by atoms with Crippen molar-refractivity contribution in [2.24, 2.45) is 11.7 Å². The Kier molecular flexibility index (Phi) is 10.3. The lowest BCUT2D eigenvalue weighted by atomic mass is 9.88. The number of amides is 1. The number of carbonyl (C=O) groups is 1. The zero-order valence-corrected chi connectivity index (χ0v) is 25.5. The highest BCUT2D eigenvalue weighted by Crippen LogP contribution is 2.29. The number of rotatable bonds is 9. The Balaban J connectivity index is 1.09. The summed E-state index contributed by atoms with van der Waals surface area (Å²) in [5.74, 6) is 0.359. The van der Waals surface area contributed by atoms with Gasteiger partial charge in [0.1, 0.15) is 0 Å². The molecular formula is C33H42ClN5OS. The van der Waals surface area contributed by atoms with Gasteiger partial charge in [0.2, 0.25) is 5.91 Å². The summed E-state index contributed by atoms with van der Waals surface area (Å²) in [5, 5.41) is 0.751. The van der Waals surface area contributed by atoms with Crippen LogP contribution >= 0.6 is 23.4 Å². The van der Waals surface area contributed by atoms with Crippen LogP contribution in [0.5, 0.6) is 0 Å². The molecule has 0 bridgehead atoms. The molecule has 6 nitrogen and oxygen atoms in total. The van der Waals surface area contributed by atoms with Gasteiger partial charge in [0, 0.05) is 54.9 Å². The maximum absolute atomic E-state index is 13.3. The van der Waals surface area contributed by atoms with E-state index >= 15 is 0 Å². The lowest BCUT2D eigenvalue weighted by molar-refractivity contribution is -0.136. The van der Waals surface area contributed by atoms with Gasteiger partial charge >= 0.3 is 0 Å². The summed E-state index contributed by atoms with van der Waals surface area (Å²) in [6.45, 7) is 7.09. The number of benzene rings is 3. The van der Waals surface area contributed by atoms with Gasteiger partial charge in [-0.25, -0.2) is 0 Å². The van der Waals surface area contributed by atoms with Crippen molar-refractivity contribution in [3.8, 4) is 11.1 Å². The van der Waals surface area contributed by atoms with Crippen molar-refractivity contribution in [2.45, 2.75) is 36.7 Å². The number of nitrogens with two attached hydrogens (primary N) is 2. The standard InChI is InChI=1S/C33H42ClN5OS/c1-41-31-8-3-2-5-27(31)23-38-17-19-39(20-18-38)33(40)32(36)24-11-14-37(15-12-24)16-13-26-21-28(34)9-10-30(26)25-6-4-7-29(35)22-25/h2-10,21-22,24,32H,11-20,23,35-36H2,1H3/t32-/m1/s1. The molecule has 0 saturated carbocycles. The Morgan fingerprint density at radius 2 is 1.68 bits per heavy atom. The Morgan fingerprint density at radius 1 is 0.927 bits per heavy atom. The number of hydrogen-bond donors (Lipinski definition) is 2. The maximum atomic E-state index is 13.3. The van der Waals surface area contributed by atoms with Crippen molar-refractivity contribution in [1.82, 2.24) is 14.7 Å². The van der Waals surface area contributed by atoms with Gasteiger partial charge in [-0.1, -0.05) is 48.0 Å². The first-order valence-electron chi connectivity index (χ1n) is 14.7.